The second kappa shape index (κ2) is 5.86. The molecule has 6 heteroatoms. The first kappa shape index (κ1) is 14.5. The lowest BCUT2D eigenvalue weighted by Crippen LogP contribution is -2.32. The SMILES string of the molecule is C[C@H](N)C(=O)Nc1cccc(CCC(F)(F)F)c1. The van der Waals surface area contributed by atoms with Crippen molar-refractivity contribution in [2.75, 3.05) is 5.32 Å². The molecular weight excluding hydrogens is 245 g/mol. The van der Waals surface area contributed by atoms with Gasteiger partial charge in [-0.3, -0.25) is 4.79 Å². The number of halogens is 3. The van der Waals surface area contributed by atoms with Crippen LogP contribution < -0.4 is 11.1 Å². The topological polar surface area (TPSA) is 55.1 Å². The Balaban J connectivity index is 2.65. The van der Waals surface area contributed by atoms with Crippen LogP contribution in [0.25, 0.3) is 0 Å². The number of nitrogens with one attached hydrogen (secondary N) is 1. The van der Waals surface area contributed by atoms with Crippen molar-refractivity contribution in [3.63, 3.8) is 0 Å². The van der Waals surface area contributed by atoms with E-state index in [9.17, 15) is 18.0 Å². The second-order valence-corrected chi connectivity index (χ2v) is 4.09. The first-order valence-electron chi connectivity index (χ1n) is 5.50. The van der Waals surface area contributed by atoms with Crippen molar-refractivity contribution < 1.29 is 18.0 Å². The van der Waals surface area contributed by atoms with E-state index in [-0.39, 0.29) is 12.3 Å². The van der Waals surface area contributed by atoms with E-state index in [0.717, 1.165) is 0 Å². The number of nitrogens with two attached hydrogens (primary N) is 1. The maximum absolute atomic E-state index is 12.1. The Bertz CT molecular complexity index is 416. The number of amides is 1. The maximum Gasteiger partial charge on any atom is 0.389 e. The van der Waals surface area contributed by atoms with Crippen LogP contribution in [0.4, 0.5) is 18.9 Å². The first-order valence-corrected chi connectivity index (χ1v) is 5.50. The number of carbonyl (C=O) groups is 1. The van der Waals surface area contributed by atoms with E-state index < -0.39 is 18.6 Å². The van der Waals surface area contributed by atoms with Gasteiger partial charge in [0.15, 0.2) is 0 Å². The van der Waals surface area contributed by atoms with E-state index in [0.29, 0.717) is 11.3 Å². The molecule has 1 amide bonds. The number of alkyl halides is 3. The Hall–Kier alpha value is -1.56. The van der Waals surface area contributed by atoms with Crippen molar-refractivity contribution in [1.82, 2.24) is 0 Å². The standard InChI is InChI=1S/C12H15F3N2O/c1-8(16)11(18)17-10-4-2-3-9(7-10)5-6-12(13,14)15/h2-4,7-8H,5-6,16H2,1H3,(H,17,18)/t8-/m0/s1. The average molecular weight is 260 g/mol. The monoisotopic (exact) mass is 260 g/mol. The van der Waals surface area contributed by atoms with Gasteiger partial charge < -0.3 is 11.1 Å². The third-order valence-corrected chi connectivity index (χ3v) is 2.31. The molecule has 1 aromatic rings. The quantitative estimate of drug-likeness (QED) is 0.873. The second-order valence-electron chi connectivity index (χ2n) is 4.09. The van der Waals surface area contributed by atoms with Crippen LogP contribution in [-0.2, 0) is 11.2 Å². The zero-order valence-electron chi connectivity index (χ0n) is 9.92. The first-order chi connectivity index (χ1) is 8.28. The van der Waals surface area contributed by atoms with Crippen LogP contribution in [0.5, 0.6) is 0 Å². The molecule has 0 saturated carbocycles. The van der Waals surface area contributed by atoms with Gasteiger partial charge in [-0.25, -0.2) is 0 Å². The van der Waals surface area contributed by atoms with Crippen molar-refractivity contribution >= 4 is 11.6 Å². The number of hydrogen-bond donors (Lipinski definition) is 2. The van der Waals surface area contributed by atoms with Gasteiger partial charge in [-0.15, -0.1) is 0 Å². The highest BCUT2D eigenvalue weighted by Crippen LogP contribution is 2.23. The van der Waals surface area contributed by atoms with Gasteiger partial charge in [-0.1, -0.05) is 12.1 Å². The molecule has 0 spiro atoms. The largest absolute Gasteiger partial charge is 0.389 e. The predicted octanol–water partition coefficient (Wildman–Crippen LogP) is 2.47. The van der Waals surface area contributed by atoms with Gasteiger partial charge in [0.05, 0.1) is 6.04 Å². The number of aryl methyl sites for hydroxylation is 1. The molecule has 1 atom stereocenters. The minimum absolute atomic E-state index is 0.106. The summed E-state index contributed by atoms with van der Waals surface area (Å²) in [5, 5.41) is 2.53. The van der Waals surface area contributed by atoms with Gasteiger partial charge >= 0.3 is 6.18 Å². The van der Waals surface area contributed by atoms with Crippen LogP contribution in [0, 0.1) is 0 Å². The van der Waals surface area contributed by atoms with Crippen molar-refractivity contribution in [2.45, 2.75) is 32.0 Å². The molecule has 0 heterocycles. The smallest absolute Gasteiger partial charge is 0.325 e. The van der Waals surface area contributed by atoms with Crippen molar-refractivity contribution in [1.29, 1.82) is 0 Å². The lowest BCUT2D eigenvalue weighted by atomic mass is 10.1. The normalized spacial score (nSPS) is 13.2. The lowest BCUT2D eigenvalue weighted by Gasteiger charge is -2.10. The van der Waals surface area contributed by atoms with Gasteiger partial charge in [0.2, 0.25) is 5.91 Å². The predicted molar refractivity (Wildman–Crippen MR) is 63.1 cm³/mol. The fraction of sp³-hybridized carbons (Fsp3) is 0.417. The highest BCUT2D eigenvalue weighted by molar-refractivity contribution is 5.94. The molecule has 100 valence electrons. The summed E-state index contributed by atoms with van der Waals surface area (Å²) in [5.74, 6) is -0.372. The van der Waals surface area contributed by atoms with Crippen molar-refractivity contribution in [2.24, 2.45) is 5.73 Å². The van der Waals surface area contributed by atoms with E-state index in [1.165, 1.54) is 13.0 Å². The summed E-state index contributed by atoms with van der Waals surface area (Å²) in [4.78, 5) is 11.3. The third kappa shape index (κ3) is 5.18. The lowest BCUT2D eigenvalue weighted by molar-refractivity contribution is -0.134. The van der Waals surface area contributed by atoms with Gasteiger partial charge in [-0.05, 0) is 31.0 Å². The van der Waals surface area contributed by atoms with Crippen LogP contribution in [0.15, 0.2) is 24.3 Å². The Morgan fingerprint density at radius 2 is 2.11 bits per heavy atom. The molecule has 0 fully saturated rings. The molecule has 0 aliphatic heterocycles. The number of benzene rings is 1. The minimum atomic E-state index is -4.18. The maximum atomic E-state index is 12.1. The van der Waals surface area contributed by atoms with Crippen LogP contribution in [0.3, 0.4) is 0 Å². The van der Waals surface area contributed by atoms with E-state index in [4.69, 9.17) is 5.73 Å². The number of rotatable bonds is 4. The molecule has 0 unspecified atom stereocenters. The summed E-state index contributed by atoms with van der Waals surface area (Å²) in [6, 6.07) is 5.66. The van der Waals surface area contributed by atoms with Crippen LogP contribution in [0.2, 0.25) is 0 Å². The van der Waals surface area contributed by atoms with E-state index in [1.54, 1.807) is 18.2 Å². The molecule has 1 rings (SSSR count). The minimum Gasteiger partial charge on any atom is -0.325 e. The molecule has 3 N–H and O–H groups in total. The number of hydrogen-bond acceptors (Lipinski definition) is 2. The zero-order chi connectivity index (χ0) is 13.8. The Kier molecular flexibility index (Phi) is 4.72. The van der Waals surface area contributed by atoms with Crippen LogP contribution in [-0.4, -0.2) is 18.1 Å². The van der Waals surface area contributed by atoms with Gasteiger partial charge in [0.25, 0.3) is 0 Å². The molecule has 0 aliphatic rings. The van der Waals surface area contributed by atoms with Crippen molar-refractivity contribution in [3.8, 4) is 0 Å². The van der Waals surface area contributed by atoms with Crippen molar-refractivity contribution in [3.05, 3.63) is 29.8 Å². The fourth-order valence-electron chi connectivity index (χ4n) is 1.35. The van der Waals surface area contributed by atoms with Crippen LogP contribution >= 0.6 is 0 Å². The zero-order valence-corrected chi connectivity index (χ0v) is 9.92. The summed E-state index contributed by atoms with van der Waals surface area (Å²) in [5.41, 5.74) is 6.36. The number of anilines is 1. The number of carbonyl (C=O) groups excluding carboxylic acids is 1. The molecule has 0 saturated heterocycles. The van der Waals surface area contributed by atoms with E-state index in [1.807, 2.05) is 0 Å². The fourth-order valence-corrected chi connectivity index (χ4v) is 1.35. The Morgan fingerprint density at radius 3 is 2.67 bits per heavy atom. The third-order valence-electron chi connectivity index (χ3n) is 2.31. The summed E-state index contributed by atoms with van der Waals surface area (Å²) < 4.78 is 36.2. The summed E-state index contributed by atoms with van der Waals surface area (Å²) in [6.07, 6.45) is -5.16. The molecule has 0 aliphatic carbocycles. The highest BCUT2D eigenvalue weighted by atomic mass is 19.4. The van der Waals surface area contributed by atoms with Gasteiger partial charge in [-0.2, -0.15) is 13.2 Å². The highest BCUT2D eigenvalue weighted by Gasteiger charge is 2.26. The van der Waals surface area contributed by atoms with E-state index in [2.05, 4.69) is 5.32 Å². The Labute approximate surface area is 103 Å². The van der Waals surface area contributed by atoms with Crippen LogP contribution in [0.1, 0.15) is 18.9 Å². The summed E-state index contributed by atoms with van der Waals surface area (Å²) in [7, 11) is 0. The molecule has 0 radical (unpaired) electrons. The molecular formula is C12H15F3N2O. The van der Waals surface area contributed by atoms with Gasteiger partial charge in [0, 0.05) is 12.1 Å². The molecule has 18 heavy (non-hydrogen) atoms. The molecule has 1 aromatic carbocycles. The molecule has 0 aromatic heterocycles. The Morgan fingerprint density at radius 1 is 1.44 bits per heavy atom. The summed E-state index contributed by atoms with van der Waals surface area (Å²) >= 11 is 0. The summed E-state index contributed by atoms with van der Waals surface area (Å²) in [6.45, 7) is 1.53. The average Bonchev–Trinajstić information content (AvgIpc) is 2.26. The van der Waals surface area contributed by atoms with E-state index >= 15 is 0 Å². The van der Waals surface area contributed by atoms with Gasteiger partial charge in [0.1, 0.15) is 0 Å². The molecule has 0 bridgehead atoms. The molecule has 3 nitrogen and oxygen atoms in total.